The summed E-state index contributed by atoms with van der Waals surface area (Å²) in [6.45, 7) is 2.37. The van der Waals surface area contributed by atoms with Crippen LogP contribution in [-0.2, 0) is 9.59 Å². The molecule has 0 bridgehead atoms. The van der Waals surface area contributed by atoms with Crippen molar-refractivity contribution in [3.05, 3.63) is 60.2 Å². The van der Waals surface area contributed by atoms with Crippen LogP contribution in [0.4, 0.5) is 4.39 Å². The first-order valence-electron chi connectivity index (χ1n) is 10.2. The second-order valence-corrected chi connectivity index (χ2v) is 7.31. The third-order valence-electron chi connectivity index (χ3n) is 5.09. The Hall–Kier alpha value is -3.22. The quantitative estimate of drug-likeness (QED) is 0.676. The van der Waals surface area contributed by atoms with Crippen molar-refractivity contribution >= 4 is 17.9 Å². The molecule has 0 spiro atoms. The van der Waals surface area contributed by atoms with Gasteiger partial charge in [0, 0.05) is 18.8 Å². The van der Waals surface area contributed by atoms with Crippen molar-refractivity contribution in [3.63, 3.8) is 0 Å². The molecule has 1 aliphatic carbocycles. The zero-order valence-corrected chi connectivity index (χ0v) is 17.0. The average Bonchev–Trinajstić information content (AvgIpc) is 2.75. The van der Waals surface area contributed by atoms with Gasteiger partial charge in [-0.05, 0) is 55.7 Å². The van der Waals surface area contributed by atoms with Crippen molar-refractivity contribution in [2.75, 3.05) is 6.54 Å². The van der Waals surface area contributed by atoms with Crippen LogP contribution in [0.5, 0.6) is 11.5 Å². The SMILES string of the molecule is CCNC(=O)C1(NC(=O)/C=C/c2ccc(Oc3cccnc3)c(F)c2)CCCCC1. The van der Waals surface area contributed by atoms with Gasteiger partial charge in [-0.2, -0.15) is 0 Å². The Morgan fingerprint density at radius 2 is 2.03 bits per heavy atom. The number of halogens is 1. The van der Waals surface area contributed by atoms with Gasteiger partial charge < -0.3 is 15.4 Å². The van der Waals surface area contributed by atoms with Crippen LogP contribution in [0.2, 0.25) is 0 Å². The molecule has 1 fully saturated rings. The first kappa shape index (κ1) is 21.5. The van der Waals surface area contributed by atoms with Crippen LogP contribution in [0, 0.1) is 5.82 Å². The predicted octanol–water partition coefficient (Wildman–Crippen LogP) is 3.98. The van der Waals surface area contributed by atoms with Crippen LogP contribution >= 0.6 is 0 Å². The lowest BCUT2D eigenvalue weighted by atomic mass is 9.80. The fourth-order valence-corrected chi connectivity index (χ4v) is 3.58. The van der Waals surface area contributed by atoms with Crippen molar-refractivity contribution < 1.29 is 18.7 Å². The summed E-state index contributed by atoms with van der Waals surface area (Å²) < 4.78 is 19.8. The number of ether oxygens (including phenoxy) is 1. The number of benzene rings is 1. The second-order valence-electron chi connectivity index (χ2n) is 7.31. The molecule has 7 heteroatoms. The number of nitrogens with zero attached hydrogens (tertiary/aromatic N) is 1. The fourth-order valence-electron chi connectivity index (χ4n) is 3.58. The zero-order chi connectivity index (χ0) is 21.4. The van der Waals surface area contributed by atoms with E-state index in [4.69, 9.17) is 4.74 Å². The van der Waals surface area contributed by atoms with Gasteiger partial charge in [0.1, 0.15) is 11.3 Å². The first-order valence-corrected chi connectivity index (χ1v) is 10.2. The number of amides is 2. The van der Waals surface area contributed by atoms with Gasteiger partial charge >= 0.3 is 0 Å². The summed E-state index contributed by atoms with van der Waals surface area (Å²) in [7, 11) is 0. The van der Waals surface area contributed by atoms with Gasteiger partial charge in [0.05, 0.1) is 6.20 Å². The van der Waals surface area contributed by atoms with E-state index >= 15 is 0 Å². The summed E-state index contributed by atoms with van der Waals surface area (Å²) in [5.41, 5.74) is -0.362. The lowest BCUT2D eigenvalue weighted by Crippen LogP contribution is -2.59. The van der Waals surface area contributed by atoms with E-state index in [-0.39, 0.29) is 17.6 Å². The molecule has 0 saturated heterocycles. The minimum atomic E-state index is -0.873. The molecule has 0 atom stereocenters. The summed E-state index contributed by atoms with van der Waals surface area (Å²) in [6.07, 6.45) is 10.0. The number of nitrogens with one attached hydrogen (secondary N) is 2. The van der Waals surface area contributed by atoms with Crippen molar-refractivity contribution in [2.24, 2.45) is 0 Å². The van der Waals surface area contributed by atoms with E-state index in [1.54, 1.807) is 24.4 Å². The Balaban J connectivity index is 1.66. The number of hydrogen-bond acceptors (Lipinski definition) is 4. The number of aromatic nitrogens is 1. The molecule has 3 rings (SSSR count). The minimum absolute atomic E-state index is 0.0713. The molecule has 2 amide bonds. The molecule has 0 radical (unpaired) electrons. The van der Waals surface area contributed by atoms with Crippen molar-refractivity contribution in [1.29, 1.82) is 0 Å². The van der Waals surface area contributed by atoms with Gasteiger partial charge in [0.25, 0.3) is 0 Å². The molecule has 30 heavy (non-hydrogen) atoms. The lowest BCUT2D eigenvalue weighted by molar-refractivity contribution is -0.133. The molecule has 1 aromatic carbocycles. The maximum Gasteiger partial charge on any atom is 0.245 e. The maximum atomic E-state index is 14.4. The summed E-state index contributed by atoms with van der Waals surface area (Å²) in [5, 5.41) is 5.71. The van der Waals surface area contributed by atoms with Crippen molar-refractivity contribution in [1.82, 2.24) is 15.6 Å². The highest BCUT2D eigenvalue weighted by atomic mass is 19.1. The van der Waals surface area contributed by atoms with Gasteiger partial charge in [-0.3, -0.25) is 14.6 Å². The highest BCUT2D eigenvalue weighted by Gasteiger charge is 2.40. The number of pyridine rings is 1. The van der Waals surface area contributed by atoms with Gasteiger partial charge in [0.2, 0.25) is 11.8 Å². The summed E-state index contributed by atoms with van der Waals surface area (Å²) in [4.78, 5) is 29.0. The Bertz CT molecular complexity index is 909. The van der Waals surface area contributed by atoms with Crippen LogP contribution < -0.4 is 15.4 Å². The van der Waals surface area contributed by atoms with Gasteiger partial charge in [-0.1, -0.05) is 25.3 Å². The Labute approximate surface area is 175 Å². The average molecular weight is 411 g/mol. The molecule has 158 valence electrons. The van der Waals surface area contributed by atoms with E-state index < -0.39 is 11.4 Å². The van der Waals surface area contributed by atoms with Crippen LogP contribution in [0.25, 0.3) is 6.08 Å². The summed E-state index contributed by atoms with van der Waals surface area (Å²) in [6, 6.07) is 7.81. The molecule has 6 nitrogen and oxygen atoms in total. The Morgan fingerprint density at radius 1 is 1.23 bits per heavy atom. The third kappa shape index (κ3) is 5.43. The number of carbonyl (C=O) groups is 2. The largest absolute Gasteiger partial charge is 0.453 e. The van der Waals surface area contributed by atoms with Crippen LogP contribution in [0.3, 0.4) is 0 Å². The van der Waals surface area contributed by atoms with E-state index in [1.807, 2.05) is 6.92 Å². The monoisotopic (exact) mass is 411 g/mol. The minimum Gasteiger partial charge on any atom is -0.453 e. The Kier molecular flexibility index (Phi) is 7.17. The van der Waals surface area contributed by atoms with E-state index in [0.29, 0.717) is 30.7 Å². The number of rotatable bonds is 7. The van der Waals surface area contributed by atoms with Gasteiger partial charge in [0.15, 0.2) is 11.6 Å². The third-order valence-corrected chi connectivity index (χ3v) is 5.09. The second kappa shape index (κ2) is 10.0. The van der Waals surface area contributed by atoms with Crippen molar-refractivity contribution in [3.8, 4) is 11.5 Å². The summed E-state index contributed by atoms with van der Waals surface area (Å²) >= 11 is 0. The Morgan fingerprint density at radius 3 is 2.70 bits per heavy atom. The molecule has 2 N–H and O–H groups in total. The molecule has 2 aromatic rings. The fraction of sp³-hybridized carbons (Fsp3) is 0.348. The standard InChI is InChI=1S/C23H26FN3O3/c1-2-26-22(29)23(12-4-3-5-13-23)27-21(28)11-9-17-8-10-20(19(24)15-17)30-18-7-6-14-25-16-18/h6-11,14-16H,2-5,12-13H2,1H3,(H,26,29)(H,27,28)/b11-9+. The van der Waals surface area contributed by atoms with Crippen LogP contribution in [0.15, 0.2) is 48.8 Å². The maximum absolute atomic E-state index is 14.4. The zero-order valence-electron chi connectivity index (χ0n) is 17.0. The first-order chi connectivity index (χ1) is 14.5. The van der Waals surface area contributed by atoms with E-state index in [2.05, 4.69) is 15.6 Å². The van der Waals surface area contributed by atoms with Gasteiger partial charge in [-0.15, -0.1) is 0 Å². The lowest BCUT2D eigenvalue weighted by Gasteiger charge is -2.36. The van der Waals surface area contributed by atoms with Crippen LogP contribution in [0.1, 0.15) is 44.6 Å². The molecule has 1 saturated carbocycles. The van der Waals surface area contributed by atoms with Crippen LogP contribution in [-0.4, -0.2) is 28.9 Å². The highest BCUT2D eigenvalue weighted by Crippen LogP contribution is 2.29. The molecular formula is C23H26FN3O3. The molecule has 0 aliphatic heterocycles. The molecule has 1 aromatic heterocycles. The van der Waals surface area contributed by atoms with E-state index in [9.17, 15) is 14.0 Å². The number of likely N-dealkylation sites (N-methyl/N-ethyl adjacent to an activating group) is 1. The molecule has 1 heterocycles. The molecule has 0 unspecified atom stereocenters. The van der Waals surface area contributed by atoms with Crippen molar-refractivity contribution in [2.45, 2.75) is 44.6 Å². The smallest absolute Gasteiger partial charge is 0.245 e. The van der Waals surface area contributed by atoms with E-state index in [1.165, 1.54) is 30.5 Å². The molecular weight excluding hydrogens is 385 g/mol. The van der Waals surface area contributed by atoms with Gasteiger partial charge in [-0.25, -0.2) is 4.39 Å². The number of hydrogen-bond donors (Lipinski definition) is 2. The van der Waals surface area contributed by atoms with E-state index in [0.717, 1.165) is 19.3 Å². The predicted molar refractivity (Wildman–Crippen MR) is 112 cm³/mol. The topological polar surface area (TPSA) is 80.3 Å². The summed E-state index contributed by atoms with van der Waals surface area (Å²) in [5.74, 6) is -0.565. The molecule has 1 aliphatic rings. The number of carbonyl (C=O) groups excluding carboxylic acids is 2. The normalized spacial score (nSPS) is 15.5. The highest BCUT2D eigenvalue weighted by molar-refractivity contribution is 5.97.